The molecule has 0 amide bonds. The summed E-state index contributed by atoms with van der Waals surface area (Å²) in [6, 6.07) is 6.03. The summed E-state index contributed by atoms with van der Waals surface area (Å²) in [7, 11) is 0. The average Bonchev–Trinajstić information content (AvgIpc) is 2.66. The van der Waals surface area contributed by atoms with Gasteiger partial charge in [0, 0.05) is 5.69 Å². The zero-order valence-electron chi connectivity index (χ0n) is 7.20. The maximum atomic E-state index is 4.35. The van der Waals surface area contributed by atoms with E-state index in [-0.39, 0.29) is 0 Å². The van der Waals surface area contributed by atoms with E-state index in [1.54, 1.807) is 0 Å². The van der Waals surface area contributed by atoms with Crippen molar-refractivity contribution in [2.45, 2.75) is 24.8 Å². The summed E-state index contributed by atoms with van der Waals surface area (Å²) in [4.78, 5) is 4.35. The molecule has 0 spiro atoms. The van der Waals surface area contributed by atoms with Gasteiger partial charge in [0.2, 0.25) is 0 Å². The van der Waals surface area contributed by atoms with Gasteiger partial charge in [0.15, 0.2) is 0 Å². The first kappa shape index (κ1) is 8.11. The van der Waals surface area contributed by atoms with Crippen molar-refractivity contribution in [3.63, 3.8) is 0 Å². The molecule has 1 aromatic heterocycles. The second-order valence-corrected chi connectivity index (χ2v) is 4.12. The van der Waals surface area contributed by atoms with E-state index < -0.39 is 0 Å². The summed E-state index contributed by atoms with van der Waals surface area (Å²) in [5.41, 5.74) is 1.19. The van der Waals surface area contributed by atoms with Crippen molar-refractivity contribution >= 4 is 12.6 Å². The van der Waals surface area contributed by atoms with Crippen molar-refractivity contribution in [2.24, 2.45) is 11.8 Å². The minimum Gasteiger partial charge on any atom is -0.247 e. The standard InChI is InChI=1S/C10H13NS/c1-7-5-8(7)6-9-3-2-4-10(12)11-9/h2-4,7-8H,5-6H2,1H3,(H,11,12)/t7-,8?/m1/s1. The van der Waals surface area contributed by atoms with Crippen molar-refractivity contribution < 1.29 is 0 Å². The molecule has 1 aliphatic rings. The Kier molecular flexibility index (Phi) is 2.09. The molecule has 2 atom stereocenters. The maximum Gasteiger partial charge on any atom is 0.0932 e. The van der Waals surface area contributed by atoms with Crippen LogP contribution in [0.25, 0.3) is 0 Å². The van der Waals surface area contributed by atoms with E-state index in [1.807, 2.05) is 12.1 Å². The molecular formula is C10H13NS. The minimum absolute atomic E-state index is 0.834. The normalized spacial score (nSPS) is 27.2. The first-order chi connectivity index (χ1) is 5.75. The number of hydrogen-bond donors (Lipinski definition) is 1. The monoisotopic (exact) mass is 179 g/mol. The van der Waals surface area contributed by atoms with E-state index in [1.165, 1.54) is 12.1 Å². The van der Waals surface area contributed by atoms with Crippen LogP contribution in [0.3, 0.4) is 0 Å². The van der Waals surface area contributed by atoms with E-state index in [9.17, 15) is 0 Å². The minimum atomic E-state index is 0.834. The second kappa shape index (κ2) is 3.09. The molecule has 0 saturated heterocycles. The third kappa shape index (κ3) is 1.81. The number of pyridine rings is 1. The van der Waals surface area contributed by atoms with Crippen molar-refractivity contribution in [1.82, 2.24) is 4.98 Å². The molecule has 0 radical (unpaired) electrons. The van der Waals surface area contributed by atoms with Crippen molar-refractivity contribution in [1.29, 1.82) is 0 Å². The van der Waals surface area contributed by atoms with Gasteiger partial charge in [0.05, 0.1) is 5.03 Å². The van der Waals surface area contributed by atoms with E-state index in [4.69, 9.17) is 0 Å². The summed E-state index contributed by atoms with van der Waals surface area (Å²) < 4.78 is 0. The van der Waals surface area contributed by atoms with Crippen LogP contribution in [-0.2, 0) is 6.42 Å². The lowest BCUT2D eigenvalue weighted by Gasteiger charge is -1.98. The fourth-order valence-electron chi connectivity index (χ4n) is 1.53. The molecular weight excluding hydrogens is 166 g/mol. The highest BCUT2D eigenvalue weighted by molar-refractivity contribution is 7.80. The van der Waals surface area contributed by atoms with Gasteiger partial charge in [0.25, 0.3) is 0 Å². The lowest BCUT2D eigenvalue weighted by molar-refractivity contribution is 0.724. The number of nitrogens with zero attached hydrogens (tertiary/aromatic N) is 1. The van der Waals surface area contributed by atoms with Crippen LogP contribution in [0.1, 0.15) is 19.0 Å². The van der Waals surface area contributed by atoms with Crippen LogP contribution in [0.4, 0.5) is 0 Å². The predicted octanol–water partition coefficient (Wildman–Crippen LogP) is 2.57. The van der Waals surface area contributed by atoms with Gasteiger partial charge in [-0.3, -0.25) is 0 Å². The van der Waals surface area contributed by atoms with Crippen LogP contribution in [-0.4, -0.2) is 4.98 Å². The third-order valence-corrected chi connectivity index (χ3v) is 2.79. The Morgan fingerprint density at radius 2 is 2.33 bits per heavy atom. The Morgan fingerprint density at radius 3 is 2.92 bits per heavy atom. The molecule has 12 heavy (non-hydrogen) atoms. The fraction of sp³-hybridized carbons (Fsp3) is 0.500. The first-order valence-corrected chi connectivity index (χ1v) is 4.85. The van der Waals surface area contributed by atoms with E-state index in [0.29, 0.717) is 0 Å². The molecule has 64 valence electrons. The molecule has 1 unspecified atom stereocenters. The Balaban J connectivity index is 2.03. The molecule has 1 aliphatic carbocycles. The summed E-state index contributed by atoms with van der Waals surface area (Å²) in [6.07, 6.45) is 2.51. The maximum absolute atomic E-state index is 4.35. The zero-order valence-corrected chi connectivity index (χ0v) is 8.09. The van der Waals surface area contributed by atoms with Crippen molar-refractivity contribution in [2.75, 3.05) is 0 Å². The van der Waals surface area contributed by atoms with E-state index in [2.05, 4.69) is 30.6 Å². The summed E-state index contributed by atoms with van der Waals surface area (Å²) in [6.45, 7) is 2.30. The molecule has 1 nitrogen and oxygen atoms in total. The Labute approximate surface area is 78.6 Å². The molecule has 0 aliphatic heterocycles. The molecule has 1 saturated carbocycles. The van der Waals surface area contributed by atoms with Gasteiger partial charge < -0.3 is 0 Å². The average molecular weight is 179 g/mol. The predicted molar refractivity (Wildman–Crippen MR) is 52.5 cm³/mol. The summed E-state index contributed by atoms with van der Waals surface area (Å²) in [5.74, 6) is 1.79. The van der Waals surface area contributed by atoms with Crippen LogP contribution in [0, 0.1) is 11.8 Å². The van der Waals surface area contributed by atoms with Crippen LogP contribution in [0.15, 0.2) is 23.2 Å². The second-order valence-electron chi connectivity index (χ2n) is 3.66. The van der Waals surface area contributed by atoms with Crippen LogP contribution in [0.2, 0.25) is 0 Å². The van der Waals surface area contributed by atoms with Crippen molar-refractivity contribution in [3.8, 4) is 0 Å². The number of hydrogen-bond acceptors (Lipinski definition) is 2. The molecule has 2 heteroatoms. The van der Waals surface area contributed by atoms with Crippen LogP contribution < -0.4 is 0 Å². The molecule has 1 fully saturated rings. The Morgan fingerprint density at radius 1 is 1.58 bits per heavy atom. The van der Waals surface area contributed by atoms with E-state index in [0.717, 1.165) is 23.3 Å². The molecule has 0 N–H and O–H groups in total. The quantitative estimate of drug-likeness (QED) is 0.688. The smallest absolute Gasteiger partial charge is 0.0932 e. The topological polar surface area (TPSA) is 12.9 Å². The van der Waals surface area contributed by atoms with Gasteiger partial charge >= 0.3 is 0 Å². The van der Waals surface area contributed by atoms with Gasteiger partial charge in [-0.25, -0.2) is 4.98 Å². The number of rotatable bonds is 2. The van der Waals surface area contributed by atoms with Gasteiger partial charge in [-0.2, -0.15) is 0 Å². The molecule has 1 aromatic rings. The van der Waals surface area contributed by atoms with Gasteiger partial charge in [-0.15, -0.1) is 12.6 Å². The lowest BCUT2D eigenvalue weighted by atomic mass is 10.2. The molecule has 2 rings (SSSR count). The SMILES string of the molecule is C[C@@H]1CC1Cc1cccc(S)n1. The Bertz CT molecular complexity index is 285. The van der Waals surface area contributed by atoms with Gasteiger partial charge in [-0.1, -0.05) is 13.0 Å². The first-order valence-electron chi connectivity index (χ1n) is 4.40. The molecule has 1 heterocycles. The fourth-order valence-corrected chi connectivity index (χ4v) is 1.75. The van der Waals surface area contributed by atoms with Gasteiger partial charge in [-0.05, 0) is 36.8 Å². The zero-order chi connectivity index (χ0) is 8.55. The highest BCUT2D eigenvalue weighted by atomic mass is 32.1. The summed E-state index contributed by atoms with van der Waals surface area (Å²) in [5, 5.41) is 0.834. The largest absolute Gasteiger partial charge is 0.247 e. The molecule has 0 aromatic carbocycles. The molecule has 0 bridgehead atoms. The van der Waals surface area contributed by atoms with Crippen LogP contribution in [0.5, 0.6) is 0 Å². The lowest BCUT2D eigenvalue weighted by Crippen LogP contribution is -1.92. The van der Waals surface area contributed by atoms with E-state index >= 15 is 0 Å². The van der Waals surface area contributed by atoms with Crippen molar-refractivity contribution in [3.05, 3.63) is 23.9 Å². The highest BCUT2D eigenvalue weighted by Crippen LogP contribution is 2.39. The van der Waals surface area contributed by atoms with Crippen LogP contribution >= 0.6 is 12.6 Å². The number of thiol groups is 1. The highest BCUT2D eigenvalue weighted by Gasteiger charge is 2.32. The summed E-state index contributed by atoms with van der Waals surface area (Å²) >= 11 is 4.21. The third-order valence-electron chi connectivity index (χ3n) is 2.54. The Hall–Kier alpha value is -0.500. The van der Waals surface area contributed by atoms with Gasteiger partial charge in [0.1, 0.15) is 0 Å². The number of aromatic nitrogens is 1.